The van der Waals surface area contributed by atoms with E-state index in [4.69, 9.17) is 0 Å². The number of anilines is 4. The van der Waals surface area contributed by atoms with Gasteiger partial charge >= 0.3 is 29.6 Å². The molecule has 0 radical (unpaired) electrons. The minimum Gasteiger partial charge on any atom is -0.354 e. The number of fused-ring (bicyclic) bond motifs is 2. The van der Waals surface area contributed by atoms with Gasteiger partial charge in [-0.3, -0.25) is 18.7 Å². The van der Waals surface area contributed by atoms with Gasteiger partial charge in [0.15, 0.2) is 11.6 Å². The first kappa shape index (κ1) is 34.5. The Balaban J connectivity index is 0.00000461. The van der Waals surface area contributed by atoms with Crippen LogP contribution >= 0.6 is 0 Å². The van der Waals surface area contributed by atoms with E-state index < -0.39 is 31.8 Å². The summed E-state index contributed by atoms with van der Waals surface area (Å²) in [6, 6.07) is 12.7. The number of nitrogens with one attached hydrogen (secondary N) is 2. The van der Waals surface area contributed by atoms with Gasteiger partial charge in [-0.15, -0.1) is 0 Å². The molecule has 0 atom stereocenters. The number of rotatable bonds is 6. The molecule has 0 bridgehead atoms. The molecule has 0 saturated carbocycles. The third kappa shape index (κ3) is 5.99. The van der Waals surface area contributed by atoms with E-state index in [1.807, 2.05) is 0 Å². The smallest absolute Gasteiger partial charge is 0.354 e. The summed E-state index contributed by atoms with van der Waals surface area (Å²) >= 11 is 0. The van der Waals surface area contributed by atoms with Crippen molar-refractivity contribution in [3.8, 4) is 0 Å². The number of hydrogen-bond acceptors (Lipinski definition) is 8. The summed E-state index contributed by atoms with van der Waals surface area (Å²) in [6.07, 6.45) is 0. The zero-order chi connectivity index (χ0) is 32.5. The summed E-state index contributed by atoms with van der Waals surface area (Å²) in [6.45, 7) is 9.69. The SMILES string of the molecule is Cc1cc(C)c(S(=O)(=O)O)c(C)c1Nc1ccc(Nc2c(C)cc(C)c(S(=O)(=O)O)c2C)c2c1C(=O)c1ccccc1C2=O.[Na+]. The molecule has 13 heteroatoms. The van der Waals surface area contributed by atoms with Crippen LogP contribution in [-0.2, 0) is 20.2 Å². The molecule has 0 fully saturated rings. The maximum absolute atomic E-state index is 14.0. The van der Waals surface area contributed by atoms with Crippen molar-refractivity contribution in [1.29, 1.82) is 0 Å². The zero-order valence-electron chi connectivity index (χ0n) is 25.8. The molecule has 0 unspecified atom stereocenters. The van der Waals surface area contributed by atoms with E-state index in [1.165, 1.54) is 13.8 Å². The third-order valence-electron chi connectivity index (χ3n) is 7.91. The predicted octanol–water partition coefficient (Wildman–Crippen LogP) is 3.30. The Bertz CT molecular complexity index is 2020. The van der Waals surface area contributed by atoms with Crippen LogP contribution in [0.5, 0.6) is 0 Å². The van der Waals surface area contributed by atoms with E-state index in [0.717, 1.165) is 0 Å². The van der Waals surface area contributed by atoms with Crippen molar-refractivity contribution >= 4 is 54.6 Å². The average Bonchev–Trinajstić information content (AvgIpc) is 2.90. The van der Waals surface area contributed by atoms with Crippen LogP contribution in [-0.4, -0.2) is 37.5 Å². The summed E-state index contributed by atoms with van der Waals surface area (Å²) in [7, 11) is -9.14. The van der Waals surface area contributed by atoms with Crippen LogP contribution in [0.1, 0.15) is 65.2 Å². The van der Waals surface area contributed by atoms with E-state index in [0.29, 0.717) is 33.6 Å². The molecule has 4 N–H and O–H groups in total. The first-order valence-corrected chi connectivity index (χ1v) is 16.4. The summed E-state index contributed by atoms with van der Waals surface area (Å²) in [5.74, 6) is -0.899. The Labute approximate surface area is 284 Å². The van der Waals surface area contributed by atoms with Gasteiger partial charge in [-0.05, 0) is 87.1 Å². The number of benzene rings is 4. The Morgan fingerprint density at radius 3 is 1.20 bits per heavy atom. The van der Waals surface area contributed by atoms with Crippen LogP contribution in [0.2, 0.25) is 0 Å². The van der Waals surface area contributed by atoms with Gasteiger partial charge in [0.25, 0.3) is 20.2 Å². The largest absolute Gasteiger partial charge is 1.00 e. The molecule has 0 heterocycles. The van der Waals surface area contributed by atoms with Crippen LogP contribution < -0.4 is 40.2 Å². The number of hydrogen-bond donors (Lipinski definition) is 4. The summed E-state index contributed by atoms with van der Waals surface area (Å²) in [4.78, 5) is 27.5. The van der Waals surface area contributed by atoms with Crippen LogP contribution in [0.3, 0.4) is 0 Å². The molecule has 0 aliphatic heterocycles. The second-order valence-electron chi connectivity index (χ2n) is 11.0. The van der Waals surface area contributed by atoms with Gasteiger partial charge < -0.3 is 10.6 Å². The molecule has 1 aliphatic rings. The van der Waals surface area contributed by atoms with Crippen molar-refractivity contribution < 1.29 is 65.1 Å². The fraction of sp³-hybridized carbons (Fsp3) is 0.188. The minimum absolute atomic E-state index is 0. The fourth-order valence-corrected chi connectivity index (χ4v) is 8.12. The van der Waals surface area contributed by atoms with Gasteiger partial charge in [-0.1, -0.05) is 36.4 Å². The Hall–Kier alpha value is -3.36. The Morgan fingerprint density at radius 1 is 0.556 bits per heavy atom. The second-order valence-corrected chi connectivity index (χ2v) is 13.7. The van der Waals surface area contributed by atoms with Gasteiger partial charge in [-0.2, -0.15) is 16.8 Å². The van der Waals surface area contributed by atoms with Crippen molar-refractivity contribution in [2.75, 3.05) is 10.6 Å². The maximum atomic E-state index is 14.0. The van der Waals surface area contributed by atoms with Crippen molar-refractivity contribution in [1.82, 2.24) is 0 Å². The molecule has 0 spiro atoms. The number of carbonyl (C=O) groups is 2. The molecular weight excluding hydrogens is 627 g/mol. The predicted molar refractivity (Wildman–Crippen MR) is 167 cm³/mol. The fourth-order valence-electron chi connectivity index (χ4n) is 6.21. The van der Waals surface area contributed by atoms with Gasteiger partial charge in [0.2, 0.25) is 0 Å². The minimum atomic E-state index is -4.57. The van der Waals surface area contributed by atoms with E-state index in [2.05, 4.69) is 10.6 Å². The standard InChI is InChI=1S/C32H30N2O8S2.Na/c1-15-13-17(3)31(43(37,38)39)19(5)27(15)33-23-11-12-24(26-25(23)29(35)21-9-7-8-10-22(21)30(26)36)34-28-16(2)14-18(4)32(20(28)6)44(40,41)42;/h7-14,33-34H,1-6H3,(H,37,38,39)(H,40,41,42);/q;+1. The Morgan fingerprint density at radius 2 is 0.889 bits per heavy atom. The quantitative estimate of drug-likeness (QED) is 0.157. The first-order valence-electron chi connectivity index (χ1n) is 13.5. The van der Waals surface area contributed by atoms with Gasteiger partial charge in [-0.25, -0.2) is 0 Å². The molecule has 5 rings (SSSR count). The van der Waals surface area contributed by atoms with E-state index in [9.17, 15) is 35.5 Å². The second kappa shape index (κ2) is 12.1. The summed E-state index contributed by atoms with van der Waals surface area (Å²) in [5, 5.41) is 6.30. The molecule has 228 valence electrons. The molecular formula is C32H30N2NaO8S2+. The monoisotopic (exact) mass is 657 g/mol. The van der Waals surface area contributed by atoms with Gasteiger partial charge in [0.1, 0.15) is 9.79 Å². The molecule has 4 aromatic rings. The van der Waals surface area contributed by atoms with Crippen LogP contribution in [0.15, 0.2) is 58.3 Å². The van der Waals surface area contributed by atoms with Crippen molar-refractivity contribution in [3.63, 3.8) is 0 Å². The van der Waals surface area contributed by atoms with E-state index in [1.54, 1.807) is 76.2 Å². The summed E-state index contributed by atoms with van der Waals surface area (Å²) in [5.41, 5.74) is 4.04. The van der Waals surface area contributed by atoms with Crippen LogP contribution in [0, 0.1) is 41.5 Å². The molecule has 45 heavy (non-hydrogen) atoms. The van der Waals surface area contributed by atoms with E-state index in [-0.39, 0.29) is 84.1 Å². The average molecular weight is 658 g/mol. The zero-order valence-corrected chi connectivity index (χ0v) is 29.4. The van der Waals surface area contributed by atoms with E-state index >= 15 is 0 Å². The normalized spacial score (nSPS) is 12.7. The van der Waals surface area contributed by atoms with Gasteiger partial charge in [0.05, 0.1) is 22.5 Å². The van der Waals surface area contributed by atoms with Crippen molar-refractivity contribution in [2.24, 2.45) is 0 Å². The summed E-state index contributed by atoms with van der Waals surface area (Å²) < 4.78 is 68.6. The third-order valence-corrected chi connectivity index (χ3v) is 10.2. The number of carbonyl (C=O) groups excluding carboxylic acids is 2. The molecule has 0 amide bonds. The Kier molecular flexibility index (Phi) is 9.28. The number of aryl methyl sites for hydroxylation is 4. The van der Waals surface area contributed by atoms with Crippen LogP contribution in [0.25, 0.3) is 0 Å². The molecule has 0 aromatic heterocycles. The molecule has 4 aromatic carbocycles. The topological polar surface area (TPSA) is 167 Å². The molecule has 1 aliphatic carbocycles. The van der Waals surface area contributed by atoms with Gasteiger partial charge in [0, 0.05) is 22.5 Å². The van der Waals surface area contributed by atoms with Crippen LogP contribution in [0.4, 0.5) is 22.7 Å². The van der Waals surface area contributed by atoms with Crippen molar-refractivity contribution in [3.05, 3.63) is 104 Å². The first-order chi connectivity index (χ1) is 20.4. The van der Waals surface area contributed by atoms with Crippen molar-refractivity contribution in [2.45, 2.75) is 51.3 Å². The molecule has 10 nitrogen and oxygen atoms in total. The molecule has 0 saturated heterocycles. The number of ketones is 2. The maximum Gasteiger partial charge on any atom is 1.00 e.